The van der Waals surface area contributed by atoms with E-state index >= 15 is 0 Å². The van der Waals surface area contributed by atoms with Gasteiger partial charge in [0.2, 0.25) is 0 Å². The lowest BCUT2D eigenvalue weighted by atomic mass is 9.95. The summed E-state index contributed by atoms with van der Waals surface area (Å²) in [6.45, 7) is -0.493. The van der Waals surface area contributed by atoms with Crippen LogP contribution in [0.3, 0.4) is 0 Å². The number of benzene rings is 3. The Morgan fingerprint density at radius 3 is 2.41 bits per heavy atom. The number of carbonyl (C=O) groups is 1. The predicted octanol–water partition coefficient (Wildman–Crippen LogP) is 4.35. The fraction of sp³-hybridized carbons (Fsp3) is 0.240. The lowest BCUT2D eigenvalue weighted by Crippen LogP contribution is -2.24. The summed E-state index contributed by atoms with van der Waals surface area (Å²) in [6, 6.07) is 20.5. The zero-order valence-electron chi connectivity index (χ0n) is 18.0. The van der Waals surface area contributed by atoms with Gasteiger partial charge in [-0.05, 0) is 55.3 Å². The van der Waals surface area contributed by atoms with Crippen molar-refractivity contribution in [2.75, 3.05) is 6.61 Å². The third-order valence-corrected chi connectivity index (χ3v) is 7.22. The van der Waals surface area contributed by atoms with Crippen LogP contribution in [0.2, 0.25) is 0 Å². The van der Waals surface area contributed by atoms with Gasteiger partial charge >= 0.3 is 5.97 Å². The summed E-state index contributed by atoms with van der Waals surface area (Å²) < 4.78 is 48.8. The molecule has 1 fully saturated rings. The summed E-state index contributed by atoms with van der Waals surface area (Å²) in [5.41, 5.74) is 0.761. The van der Waals surface area contributed by atoms with Crippen molar-refractivity contribution in [2.24, 2.45) is 0 Å². The second-order valence-electron chi connectivity index (χ2n) is 8.09. The molecule has 0 aromatic heterocycles. The van der Waals surface area contributed by atoms with E-state index in [-0.39, 0.29) is 16.9 Å². The van der Waals surface area contributed by atoms with Gasteiger partial charge < -0.3 is 19.3 Å². The first-order valence-electron chi connectivity index (χ1n) is 10.8. The van der Waals surface area contributed by atoms with Crippen molar-refractivity contribution in [3.8, 4) is 23.0 Å². The van der Waals surface area contributed by atoms with E-state index in [4.69, 9.17) is 23.5 Å². The molecule has 3 atom stereocenters. The van der Waals surface area contributed by atoms with Crippen LogP contribution in [0.5, 0.6) is 23.0 Å². The average Bonchev–Trinajstić information content (AvgIpc) is 3.39. The third kappa shape index (κ3) is 4.44. The van der Waals surface area contributed by atoms with Crippen LogP contribution in [-0.2, 0) is 19.1 Å². The zero-order chi connectivity index (χ0) is 23.7. The first-order chi connectivity index (χ1) is 16.4. The number of hydrogen-bond donors (Lipinski definition) is 1. The highest BCUT2D eigenvalue weighted by Crippen LogP contribution is 2.52. The smallest absolute Gasteiger partial charge is 0.341 e. The standard InChI is InChI=1S/C25H22O8S/c26-23(27)15-30-22-8-4-7-19-24-20(32-25(19)22)13-14-21(24)33-34(28,29)18-11-9-17(10-12-18)31-16-5-2-1-3-6-16/h1-12,20-21,24H,13-15H2,(H,26,27). The molecule has 8 nitrogen and oxygen atoms in total. The first kappa shape index (κ1) is 22.2. The molecule has 176 valence electrons. The fourth-order valence-corrected chi connectivity index (χ4v) is 5.53. The van der Waals surface area contributed by atoms with Gasteiger partial charge in [-0.15, -0.1) is 0 Å². The summed E-state index contributed by atoms with van der Waals surface area (Å²) >= 11 is 0. The number of carboxylic acids is 1. The molecular formula is C25H22O8S. The molecule has 1 aliphatic carbocycles. The highest BCUT2D eigenvalue weighted by molar-refractivity contribution is 7.86. The van der Waals surface area contributed by atoms with E-state index in [1.807, 2.05) is 36.4 Å². The first-order valence-corrected chi connectivity index (χ1v) is 12.2. The van der Waals surface area contributed by atoms with Crippen LogP contribution in [-0.4, -0.2) is 38.3 Å². The van der Waals surface area contributed by atoms with Crippen molar-refractivity contribution in [1.82, 2.24) is 0 Å². The van der Waals surface area contributed by atoms with Crippen LogP contribution in [0.15, 0.2) is 77.7 Å². The minimum Gasteiger partial charge on any atom is -0.485 e. The van der Waals surface area contributed by atoms with E-state index in [1.165, 1.54) is 12.1 Å². The summed E-state index contributed by atoms with van der Waals surface area (Å²) in [6.07, 6.45) is 0.267. The molecule has 0 bridgehead atoms. The van der Waals surface area contributed by atoms with Crippen LogP contribution < -0.4 is 14.2 Å². The zero-order valence-corrected chi connectivity index (χ0v) is 18.8. The van der Waals surface area contributed by atoms with Crippen LogP contribution in [0.1, 0.15) is 24.3 Å². The van der Waals surface area contributed by atoms with E-state index in [9.17, 15) is 13.2 Å². The van der Waals surface area contributed by atoms with Crippen molar-refractivity contribution < 1.29 is 36.7 Å². The molecule has 34 heavy (non-hydrogen) atoms. The van der Waals surface area contributed by atoms with E-state index in [1.54, 1.807) is 24.3 Å². The van der Waals surface area contributed by atoms with Gasteiger partial charge in [0.1, 0.15) is 17.6 Å². The van der Waals surface area contributed by atoms with Crippen molar-refractivity contribution in [3.63, 3.8) is 0 Å². The van der Waals surface area contributed by atoms with Gasteiger partial charge in [-0.3, -0.25) is 4.18 Å². The van der Waals surface area contributed by atoms with Gasteiger partial charge in [-0.2, -0.15) is 8.42 Å². The normalized spacial score (nSPS) is 20.8. The molecule has 3 aromatic carbocycles. The lowest BCUT2D eigenvalue weighted by molar-refractivity contribution is -0.139. The Morgan fingerprint density at radius 2 is 1.68 bits per heavy atom. The number of para-hydroxylation sites is 2. The highest BCUT2D eigenvalue weighted by atomic mass is 32.2. The van der Waals surface area contributed by atoms with E-state index in [2.05, 4.69) is 0 Å². The quantitative estimate of drug-likeness (QED) is 0.472. The molecule has 3 unspecified atom stereocenters. The number of fused-ring (bicyclic) bond motifs is 3. The van der Waals surface area contributed by atoms with Gasteiger partial charge in [0.25, 0.3) is 10.1 Å². The van der Waals surface area contributed by atoms with Crippen molar-refractivity contribution in [3.05, 3.63) is 78.4 Å². The molecule has 0 saturated heterocycles. The van der Waals surface area contributed by atoms with Crippen LogP contribution in [0.25, 0.3) is 0 Å². The van der Waals surface area contributed by atoms with Gasteiger partial charge in [0, 0.05) is 5.56 Å². The minimum atomic E-state index is -4.03. The monoisotopic (exact) mass is 482 g/mol. The topological polar surface area (TPSA) is 108 Å². The summed E-state index contributed by atoms with van der Waals surface area (Å²) in [5, 5.41) is 8.89. The number of aliphatic carboxylic acids is 1. The molecule has 1 N–H and O–H groups in total. The summed E-state index contributed by atoms with van der Waals surface area (Å²) in [7, 11) is -4.03. The Morgan fingerprint density at radius 1 is 0.941 bits per heavy atom. The largest absolute Gasteiger partial charge is 0.485 e. The Balaban J connectivity index is 1.31. The second kappa shape index (κ2) is 9.00. The maximum Gasteiger partial charge on any atom is 0.341 e. The van der Waals surface area contributed by atoms with Crippen molar-refractivity contribution in [1.29, 1.82) is 0 Å². The lowest BCUT2D eigenvalue weighted by Gasteiger charge is -2.18. The Labute approximate surface area is 196 Å². The molecule has 1 aliphatic heterocycles. The Hall–Kier alpha value is -3.56. The molecular weight excluding hydrogens is 460 g/mol. The summed E-state index contributed by atoms with van der Waals surface area (Å²) in [4.78, 5) is 10.9. The molecule has 0 spiro atoms. The van der Waals surface area contributed by atoms with Gasteiger partial charge in [-0.1, -0.05) is 30.3 Å². The molecule has 1 heterocycles. The van der Waals surface area contributed by atoms with E-state index in [0.29, 0.717) is 35.8 Å². The maximum absolute atomic E-state index is 13.0. The number of hydrogen-bond acceptors (Lipinski definition) is 7. The molecule has 0 amide bonds. The molecule has 9 heteroatoms. The van der Waals surface area contributed by atoms with Crippen molar-refractivity contribution >= 4 is 16.1 Å². The molecule has 3 aromatic rings. The van der Waals surface area contributed by atoms with Gasteiger partial charge in [0.15, 0.2) is 18.1 Å². The highest BCUT2D eigenvalue weighted by Gasteiger charge is 2.48. The fourth-order valence-electron chi connectivity index (χ4n) is 4.41. The molecule has 5 rings (SSSR count). The molecule has 1 saturated carbocycles. The molecule has 0 radical (unpaired) electrons. The second-order valence-corrected chi connectivity index (χ2v) is 9.66. The average molecular weight is 483 g/mol. The van der Waals surface area contributed by atoms with Crippen LogP contribution in [0, 0.1) is 0 Å². The number of carboxylic acid groups (broad SMARTS) is 1. The van der Waals surface area contributed by atoms with Crippen LogP contribution >= 0.6 is 0 Å². The maximum atomic E-state index is 13.0. The van der Waals surface area contributed by atoms with E-state index < -0.39 is 28.8 Å². The van der Waals surface area contributed by atoms with E-state index in [0.717, 1.165) is 5.56 Å². The number of rotatable bonds is 8. The van der Waals surface area contributed by atoms with Gasteiger partial charge in [0.05, 0.1) is 16.9 Å². The Kier molecular flexibility index (Phi) is 5.89. The van der Waals surface area contributed by atoms with Crippen molar-refractivity contribution in [2.45, 2.75) is 35.9 Å². The molecule has 2 aliphatic rings. The van der Waals surface area contributed by atoms with Crippen LogP contribution in [0.4, 0.5) is 0 Å². The Bertz CT molecular complexity index is 1290. The van der Waals surface area contributed by atoms with Gasteiger partial charge in [-0.25, -0.2) is 4.79 Å². The third-order valence-electron chi connectivity index (χ3n) is 5.87. The SMILES string of the molecule is O=C(O)COc1cccc2c1OC1CCC(OS(=O)(=O)c3ccc(Oc4ccccc4)cc3)C21. The minimum absolute atomic E-state index is 0.0362. The predicted molar refractivity (Wildman–Crippen MR) is 121 cm³/mol. The number of ether oxygens (including phenoxy) is 3. The summed E-state index contributed by atoms with van der Waals surface area (Å²) in [5.74, 6) is 0.551.